The highest BCUT2D eigenvalue weighted by atomic mass is 16.5. The van der Waals surface area contributed by atoms with Gasteiger partial charge < -0.3 is 19.7 Å². The van der Waals surface area contributed by atoms with Gasteiger partial charge in [0, 0.05) is 42.2 Å². The average molecular weight is 431 g/mol. The number of amides is 1. The number of anilines is 1. The van der Waals surface area contributed by atoms with E-state index < -0.39 is 6.09 Å². The summed E-state index contributed by atoms with van der Waals surface area (Å²) in [6.07, 6.45) is 1.94. The van der Waals surface area contributed by atoms with Crippen LogP contribution in [0.2, 0.25) is 0 Å². The predicted molar refractivity (Wildman–Crippen MR) is 120 cm³/mol. The van der Waals surface area contributed by atoms with E-state index >= 15 is 0 Å². The number of carbonyl (C=O) groups is 1. The lowest BCUT2D eigenvalue weighted by Gasteiger charge is -2.31. The summed E-state index contributed by atoms with van der Waals surface area (Å²) in [5.74, 6) is 0.886. The van der Waals surface area contributed by atoms with Crippen molar-refractivity contribution in [2.24, 2.45) is 5.92 Å². The van der Waals surface area contributed by atoms with Crippen LogP contribution in [0.5, 0.6) is 5.75 Å². The monoisotopic (exact) mass is 431 g/mol. The minimum atomic E-state index is -0.440. The highest BCUT2D eigenvalue weighted by molar-refractivity contribution is 5.94. The molecule has 2 aromatic carbocycles. The van der Waals surface area contributed by atoms with E-state index in [1.54, 1.807) is 0 Å². The van der Waals surface area contributed by atoms with Crippen LogP contribution >= 0.6 is 0 Å². The Morgan fingerprint density at radius 2 is 2.00 bits per heavy atom. The summed E-state index contributed by atoms with van der Waals surface area (Å²) in [6, 6.07) is 14.5. The Bertz CT molecular complexity index is 1170. The molecule has 1 aromatic heterocycles. The summed E-state index contributed by atoms with van der Waals surface area (Å²) < 4.78 is 11.3. The van der Waals surface area contributed by atoms with Gasteiger partial charge in [-0.3, -0.25) is 5.10 Å². The maximum atomic E-state index is 12.1. The zero-order valence-electron chi connectivity index (χ0n) is 17.8. The summed E-state index contributed by atoms with van der Waals surface area (Å²) in [4.78, 5) is 14.4. The predicted octanol–water partition coefficient (Wildman–Crippen LogP) is 3.98. The molecule has 0 unspecified atom stereocenters. The van der Waals surface area contributed by atoms with E-state index in [4.69, 9.17) is 9.47 Å². The van der Waals surface area contributed by atoms with Gasteiger partial charge in [-0.2, -0.15) is 10.4 Å². The number of rotatable bonds is 1. The first-order valence-electron chi connectivity index (χ1n) is 11.0. The van der Waals surface area contributed by atoms with E-state index in [9.17, 15) is 10.1 Å². The van der Waals surface area contributed by atoms with Crippen LogP contribution in [0, 0.1) is 17.2 Å². The number of benzene rings is 2. The number of cyclic esters (lactones) is 1. The highest BCUT2D eigenvalue weighted by Crippen LogP contribution is 2.34. The van der Waals surface area contributed by atoms with Gasteiger partial charge in [-0.15, -0.1) is 0 Å². The number of aromatic nitrogens is 2. The van der Waals surface area contributed by atoms with Gasteiger partial charge >= 0.3 is 6.09 Å². The smallest absolute Gasteiger partial charge is 0.407 e. The molecule has 1 saturated heterocycles. The van der Waals surface area contributed by atoms with Crippen LogP contribution in [-0.4, -0.2) is 42.5 Å². The molecule has 32 heavy (non-hydrogen) atoms. The summed E-state index contributed by atoms with van der Waals surface area (Å²) in [7, 11) is 0. The van der Waals surface area contributed by atoms with E-state index in [-0.39, 0.29) is 12.5 Å². The topological polar surface area (TPSA) is 103 Å². The SMILES string of the molecule is N#CC1CCN(c2cc3cc(c2)-c2n[nH]c4ccc(cc24)OCCCNC(=O)OC3)CC1. The highest BCUT2D eigenvalue weighted by Gasteiger charge is 2.21. The summed E-state index contributed by atoms with van der Waals surface area (Å²) in [6.45, 7) is 2.79. The van der Waals surface area contributed by atoms with Crippen LogP contribution in [-0.2, 0) is 11.3 Å². The van der Waals surface area contributed by atoms with Crippen molar-refractivity contribution in [2.75, 3.05) is 31.1 Å². The largest absolute Gasteiger partial charge is 0.494 e. The van der Waals surface area contributed by atoms with Crippen molar-refractivity contribution in [1.82, 2.24) is 15.5 Å². The summed E-state index contributed by atoms with van der Waals surface area (Å²) >= 11 is 0. The van der Waals surface area contributed by atoms with Crippen molar-refractivity contribution in [1.29, 1.82) is 5.26 Å². The Hall–Kier alpha value is -3.73. The molecule has 0 aliphatic carbocycles. The van der Waals surface area contributed by atoms with Crippen molar-refractivity contribution < 1.29 is 14.3 Å². The van der Waals surface area contributed by atoms with Crippen molar-refractivity contribution in [3.63, 3.8) is 0 Å². The summed E-state index contributed by atoms with van der Waals surface area (Å²) in [5.41, 5.74) is 4.66. The van der Waals surface area contributed by atoms with E-state index in [0.717, 1.165) is 65.1 Å². The minimum absolute atomic E-state index is 0.115. The second kappa shape index (κ2) is 8.79. The molecule has 4 bridgehead atoms. The number of carbonyl (C=O) groups excluding carboxylic acids is 1. The molecule has 1 fully saturated rings. The van der Waals surface area contributed by atoms with Crippen LogP contribution < -0.4 is 15.0 Å². The maximum absolute atomic E-state index is 12.1. The molecule has 8 nitrogen and oxygen atoms in total. The number of piperidine rings is 1. The first kappa shape index (κ1) is 20.2. The number of nitrogens with one attached hydrogen (secondary N) is 2. The number of nitrogens with zero attached hydrogens (tertiary/aromatic N) is 3. The van der Waals surface area contributed by atoms with Crippen molar-refractivity contribution in [3.05, 3.63) is 42.0 Å². The first-order valence-corrected chi connectivity index (χ1v) is 11.0. The van der Waals surface area contributed by atoms with Gasteiger partial charge in [0.15, 0.2) is 0 Å². The molecule has 0 spiro atoms. The molecule has 2 N–H and O–H groups in total. The third-order valence-corrected chi connectivity index (χ3v) is 6.06. The van der Waals surface area contributed by atoms with E-state index in [2.05, 4.69) is 38.6 Å². The Balaban J connectivity index is 1.56. The Morgan fingerprint density at radius 3 is 2.84 bits per heavy atom. The third-order valence-electron chi connectivity index (χ3n) is 6.06. The molecule has 5 rings (SSSR count). The molecule has 3 heterocycles. The molecule has 0 saturated carbocycles. The average Bonchev–Trinajstić information content (AvgIpc) is 3.25. The van der Waals surface area contributed by atoms with Gasteiger partial charge in [-0.1, -0.05) is 0 Å². The standard InChI is InChI=1S/C24H25N5O3/c25-14-16-4-7-29(8-5-16)19-11-17-10-18(12-19)23-21-13-20(2-3-22(21)27-28-23)31-9-1-6-26-24(30)32-15-17/h2-3,10-13,16H,1,4-9,15H2,(H,26,30)(H,27,28). The molecule has 2 aliphatic heterocycles. The molecule has 3 aromatic rings. The van der Waals surface area contributed by atoms with Crippen LogP contribution in [0.25, 0.3) is 22.2 Å². The number of alkyl carbamates (subject to hydrolysis) is 1. The van der Waals surface area contributed by atoms with Crippen molar-refractivity contribution in [2.45, 2.75) is 25.9 Å². The Kier molecular flexibility index (Phi) is 5.55. The normalized spacial score (nSPS) is 17.6. The molecule has 2 aliphatic rings. The number of hydrogen-bond acceptors (Lipinski definition) is 6. The molecule has 0 atom stereocenters. The van der Waals surface area contributed by atoms with Crippen molar-refractivity contribution >= 4 is 22.7 Å². The fourth-order valence-corrected chi connectivity index (χ4v) is 4.30. The van der Waals surface area contributed by atoms with E-state index in [0.29, 0.717) is 19.6 Å². The van der Waals surface area contributed by atoms with Gasteiger partial charge in [0.05, 0.1) is 18.2 Å². The molecule has 8 heteroatoms. The second-order valence-corrected chi connectivity index (χ2v) is 8.26. The first-order chi connectivity index (χ1) is 15.7. The number of hydrogen-bond donors (Lipinski definition) is 2. The van der Waals surface area contributed by atoms with Crippen LogP contribution in [0.4, 0.5) is 10.5 Å². The van der Waals surface area contributed by atoms with Crippen LogP contribution in [0.3, 0.4) is 0 Å². The lowest BCUT2D eigenvalue weighted by molar-refractivity contribution is 0.139. The van der Waals surface area contributed by atoms with Gasteiger partial charge in [0.2, 0.25) is 0 Å². The summed E-state index contributed by atoms with van der Waals surface area (Å²) in [5, 5.41) is 20.7. The molecule has 1 amide bonds. The van der Waals surface area contributed by atoms with Crippen molar-refractivity contribution in [3.8, 4) is 23.1 Å². The maximum Gasteiger partial charge on any atom is 0.407 e. The van der Waals surface area contributed by atoms with E-state index in [1.807, 2.05) is 24.3 Å². The number of H-pyrrole nitrogens is 1. The lowest BCUT2D eigenvalue weighted by Crippen LogP contribution is -2.33. The molecule has 164 valence electrons. The van der Waals surface area contributed by atoms with Crippen LogP contribution in [0.15, 0.2) is 36.4 Å². The second-order valence-electron chi connectivity index (χ2n) is 8.26. The zero-order valence-corrected chi connectivity index (χ0v) is 17.8. The minimum Gasteiger partial charge on any atom is -0.494 e. The van der Waals surface area contributed by atoms with Gasteiger partial charge in [0.25, 0.3) is 0 Å². The Labute approximate surface area is 186 Å². The molecular weight excluding hydrogens is 406 g/mol. The molecule has 0 radical (unpaired) electrons. The van der Waals surface area contributed by atoms with Gasteiger partial charge in [0.1, 0.15) is 18.1 Å². The number of aromatic amines is 1. The third kappa shape index (κ3) is 4.19. The zero-order chi connectivity index (χ0) is 21.9. The molecular formula is C24H25N5O3. The lowest BCUT2D eigenvalue weighted by atomic mass is 9.97. The fraction of sp³-hybridized carbons (Fsp3) is 0.375. The number of ether oxygens (including phenoxy) is 2. The van der Waals surface area contributed by atoms with Gasteiger partial charge in [-0.05, 0) is 61.2 Å². The fourth-order valence-electron chi connectivity index (χ4n) is 4.30. The van der Waals surface area contributed by atoms with Gasteiger partial charge in [-0.25, -0.2) is 4.79 Å². The van der Waals surface area contributed by atoms with Crippen LogP contribution in [0.1, 0.15) is 24.8 Å². The Morgan fingerprint density at radius 1 is 1.12 bits per heavy atom. The number of fused-ring (bicyclic) bond motifs is 4. The quantitative estimate of drug-likeness (QED) is 0.604. The number of nitriles is 1. The van der Waals surface area contributed by atoms with E-state index in [1.165, 1.54) is 0 Å².